The van der Waals surface area contributed by atoms with E-state index < -0.39 is 151 Å². The van der Waals surface area contributed by atoms with Crippen LogP contribution in [0.25, 0.3) is 21.8 Å². The minimum atomic E-state index is -1.57. The van der Waals surface area contributed by atoms with E-state index in [0.29, 0.717) is 11.3 Å². The number of carboxylic acids is 1. The van der Waals surface area contributed by atoms with E-state index in [-0.39, 0.29) is 43.9 Å². The molecule has 0 aliphatic heterocycles. The van der Waals surface area contributed by atoms with Crippen LogP contribution in [0.15, 0.2) is 73.4 Å². The van der Waals surface area contributed by atoms with Gasteiger partial charge in [0, 0.05) is 59.7 Å². The molecule has 10 amide bonds. The van der Waals surface area contributed by atoms with Crippen molar-refractivity contribution < 1.29 is 63.0 Å². The maximum atomic E-state index is 14.2. The zero-order valence-corrected chi connectivity index (χ0v) is 49.2. The summed E-state index contributed by atoms with van der Waals surface area (Å²) in [4.78, 5) is 161. The number of aromatic nitrogens is 4. The predicted molar refractivity (Wildman–Crippen MR) is 315 cm³/mol. The average molecular weight is 1200 g/mol. The summed E-state index contributed by atoms with van der Waals surface area (Å²) >= 11 is 0. The molecule has 0 bridgehead atoms. The Morgan fingerprint density at radius 3 is 1.52 bits per heavy atom. The van der Waals surface area contributed by atoms with Gasteiger partial charge in [0.15, 0.2) is 0 Å². The summed E-state index contributed by atoms with van der Waals surface area (Å²) in [6.45, 7) is 10.2. The van der Waals surface area contributed by atoms with Gasteiger partial charge in [0.25, 0.3) is 0 Å². The van der Waals surface area contributed by atoms with Crippen molar-refractivity contribution in [1.82, 2.24) is 67.8 Å². The van der Waals surface area contributed by atoms with Crippen molar-refractivity contribution in [3.63, 3.8) is 0 Å². The van der Waals surface area contributed by atoms with Crippen molar-refractivity contribution in [2.75, 3.05) is 13.1 Å². The standard InChI is InChI=1S/C58H81N15O13/c1-29(2)18-42(69-56(84)45(22-35-25-61-28-66-35)68-52(80)38(59)20-33-23-62-39-14-10-8-12-36(33)39)53(81)64-26-46(75)67-41(16-17-48(77)78)55(83)70-43(19-30(3)4)57(85)73-49(31(5)6)58(86)71-44(21-34-24-63-40-15-11-9-13-37(34)40)54(82)65-27-47(76)72-50(32(7)74)51(60)79/h8-15,23-25,28-32,38,41-45,49-50,62-63,74H,16-22,26-27,59H2,1-7H3,(H2,60,79)(H,61,66)(H,64,81)(H,65,82)(H,67,75)(H,68,80)(H,69,84)(H,70,83)(H,71,86)(H,72,76)(H,73,85)(H,77,78)/t32-,38-,41-,42-,43-,44-,45-,49?,50-/m0/s1. The second-order valence-electron chi connectivity index (χ2n) is 22.4. The molecule has 466 valence electrons. The van der Waals surface area contributed by atoms with Crippen LogP contribution in [0.4, 0.5) is 0 Å². The number of imidazole rings is 1. The summed E-state index contributed by atoms with van der Waals surface area (Å²) in [6.07, 6.45) is 3.96. The Balaban J connectivity index is 1.25. The largest absolute Gasteiger partial charge is 0.481 e. The van der Waals surface area contributed by atoms with Crippen molar-refractivity contribution in [2.45, 2.75) is 148 Å². The lowest BCUT2D eigenvalue weighted by Crippen LogP contribution is -2.60. The van der Waals surface area contributed by atoms with Crippen LogP contribution in [0.5, 0.6) is 0 Å². The number of aliphatic hydroxyl groups is 1. The number of amides is 10. The molecule has 3 heterocycles. The molecule has 0 aliphatic rings. The van der Waals surface area contributed by atoms with E-state index in [1.807, 2.05) is 24.3 Å². The van der Waals surface area contributed by atoms with E-state index in [1.54, 1.807) is 84.4 Å². The molecule has 2 aromatic carbocycles. The van der Waals surface area contributed by atoms with Crippen LogP contribution in [0.3, 0.4) is 0 Å². The summed E-state index contributed by atoms with van der Waals surface area (Å²) < 4.78 is 0. The van der Waals surface area contributed by atoms with Crippen LogP contribution in [0.1, 0.15) is 91.0 Å². The van der Waals surface area contributed by atoms with Crippen LogP contribution in [-0.4, -0.2) is 163 Å². The number of rotatable bonds is 34. The van der Waals surface area contributed by atoms with E-state index in [2.05, 4.69) is 67.8 Å². The number of carbonyl (C=O) groups is 11. The number of H-pyrrole nitrogens is 3. The fraction of sp³-hybridized carbons (Fsp3) is 0.483. The minimum Gasteiger partial charge on any atom is -0.481 e. The first kappa shape index (κ1) is 67.6. The predicted octanol–water partition coefficient (Wildman–Crippen LogP) is -1.17. The lowest BCUT2D eigenvalue weighted by Gasteiger charge is -2.29. The van der Waals surface area contributed by atoms with E-state index in [1.165, 1.54) is 13.3 Å². The van der Waals surface area contributed by atoms with Crippen LogP contribution >= 0.6 is 0 Å². The Kier molecular flexibility index (Phi) is 25.3. The molecule has 5 rings (SSSR count). The molecule has 0 saturated carbocycles. The Morgan fingerprint density at radius 1 is 0.535 bits per heavy atom. The van der Waals surface area contributed by atoms with Gasteiger partial charge in [-0.25, -0.2) is 4.98 Å². The van der Waals surface area contributed by atoms with Crippen molar-refractivity contribution in [3.8, 4) is 0 Å². The fourth-order valence-corrected chi connectivity index (χ4v) is 9.48. The summed E-state index contributed by atoms with van der Waals surface area (Å²) in [7, 11) is 0. The Bertz CT molecular complexity index is 3170. The van der Waals surface area contributed by atoms with Crippen LogP contribution in [0.2, 0.25) is 0 Å². The second kappa shape index (κ2) is 32.2. The van der Waals surface area contributed by atoms with Gasteiger partial charge in [0.05, 0.1) is 37.3 Å². The fourth-order valence-electron chi connectivity index (χ4n) is 9.48. The van der Waals surface area contributed by atoms with Crippen LogP contribution in [-0.2, 0) is 72.0 Å². The number of primary amides is 1. The molecule has 0 spiro atoms. The number of aromatic amines is 3. The van der Waals surface area contributed by atoms with Gasteiger partial charge in [-0.15, -0.1) is 0 Å². The molecule has 28 nitrogen and oxygen atoms in total. The number of carboxylic acid groups (broad SMARTS) is 1. The molecule has 5 aromatic rings. The van der Waals surface area contributed by atoms with Crippen LogP contribution in [0, 0.1) is 17.8 Å². The van der Waals surface area contributed by atoms with Gasteiger partial charge in [-0.1, -0.05) is 77.9 Å². The van der Waals surface area contributed by atoms with E-state index in [4.69, 9.17) is 11.5 Å². The zero-order chi connectivity index (χ0) is 63.4. The lowest BCUT2D eigenvalue weighted by atomic mass is 9.98. The van der Waals surface area contributed by atoms with Gasteiger partial charge in [-0.05, 0) is 73.6 Å². The molecule has 0 fully saturated rings. The van der Waals surface area contributed by atoms with E-state index in [9.17, 15) is 63.0 Å². The summed E-state index contributed by atoms with van der Waals surface area (Å²) in [5, 5.41) is 44.1. The smallest absolute Gasteiger partial charge is 0.303 e. The molecule has 18 N–H and O–H groups in total. The quantitative estimate of drug-likeness (QED) is 0.0231. The highest BCUT2D eigenvalue weighted by molar-refractivity contribution is 5.98. The highest BCUT2D eigenvalue weighted by atomic mass is 16.4. The Morgan fingerprint density at radius 2 is 1.01 bits per heavy atom. The van der Waals surface area contributed by atoms with Crippen molar-refractivity contribution in [2.24, 2.45) is 29.2 Å². The molecule has 86 heavy (non-hydrogen) atoms. The first-order chi connectivity index (χ1) is 40.7. The molecule has 0 saturated heterocycles. The third-order valence-electron chi connectivity index (χ3n) is 14.0. The summed E-state index contributed by atoms with van der Waals surface area (Å²) in [5.41, 5.74) is 15.1. The number of hydrogen-bond donors (Lipinski definition) is 16. The highest BCUT2D eigenvalue weighted by Crippen LogP contribution is 2.21. The molecule has 9 atom stereocenters. The molecule has 0 aliphatic carbocycles. The van der Waals surface area contributed by atoms with Gasteiger partial charge in [-0.3, -0.25) is 52.7 Å². The highest BCUT2D eigenvalue weighted by Gasteiger charge is 2.35. The van der Waals surface area contributed by atoms with Gasteiger partial charge >= 0.3 is 5.97 Å². The van der Waals surface area contributed by atoms with Crippen LogP contribution < -0.4 is 59.3 Å². The molecule has 28 heteroatoms. The molecule has 0 radical (unpaired) electrons. The van der Waals surface area contributed by atoms with Crippen molar-refractivity contribution in [3.05, 3.63) is 90.3 Å². The van der Waals surface area contributed by atoms with Crippen molar-refractivity contribution in [1.29, 1.82) is 0 Å². The molecule has 3 aromatic heterocycles. The summed E-state index contributed by atoms with van der Waals surface area (Å²) in [6, 6.07) is 4.03. The van der Waals surface area contributed by atoms with Crippen molar-refractivity contribution >= 4 is 86.8 Å². The second-order valence-corrected chi connectivity index (χ2v) is 22.4. The maximum Gasteiger partial charge on any atom is 0.303 e. The SMILES string of the molecule is CC(C)C[C@H](NC(=O)[C@H](Cc1c[nH]cn1)NC(=O)[C@@H](N)Cc1c[nH]c2ccccc12)C(=O)NCC(=O)N[C@@H](CCC(=O)O)C(=O)N[C@@H](CC(C)C)C(=O)NC(C(=O)N[C@@H](Cc1c[nH]c2ccccc12)C(=O)NCC(=O)N[C@H](C(N)=O)[C@H](C)O)C(C)C. The van der Waals surface area contributed by atoms with Gasteiger partial charge < -0.3 is 84.5 Å². The number of nitrogens with one attached hydrogen (secondary N) is 12. The summed E-state index contributed by atoms with van der Waals surface area (Å²) in [5.74, 6) is -10.8. The lowest BCUT2D eigenvalue weighted by molar-refractivity contribution is -0.138. The Hall–Kier alpha value is -9.18. The monoisotopic (exact) mass is 1200 g/mol. The molecular formula is C58H81N15O13. The number of carbonyl (C=O) groups excluding carboxylic acids is 10. The number of aliphatic carboxylic acids is 1. The first-order valence-electron chi connectivity index (χ1n) is 28.4. The first-order valence-corrected chi connectivity index (χ1v) is 28.4. The minimum absolute atomic E-state index is 0.00793. The molecular weight excluding hydrogens is 1110 g/mol. The van der Waals surface area contributed by atoms with Gasteiger partial charge in [0.1, 0.15) is 42.3 Å². The number of benzene rings is 2. The molecule has 1 unspecified atom stereocenters. The number of fused-ring (bicyclic) bond motifs is 2. The zero-order valence-electron chi connectivity index (χ0n) is 49.2. The number of nitrogens with zero attached hydrogens (tertiary/aromatic N) is 1. The third-order valence-corrected chi connectivity index (χ3v) is 14.0. The number of nitrogens with two attached hydrogens (primary N) is 2. The normalized spacial score (nSPS) is 14.6. The topological polar surface area (TPSA) is 449 Å². The third kappa shape index (κ3) is 20.6. The van der Waals surface area contributed by atoms with Gasteiger partial charge in [-0.2, -0.15) is 0 Å². The van der Waals surface area contributed by atoms with Gasteiger partial charge in [0.2, 0.25) is 59.1 Å². The van der Waals surface area contributed by atoms with E-state index >= 15 is 0 Å². The number of para-hydroxylation sites is 2. The Labute approximate surface area is 496 Å². The number of aliphatic hydroxyl groups excluding tert-OH is 1. The number of hydrogen-bond acceptors (Lipinski definition) is 14. The maximum absolute atomic E-state index is 14.2. The van der Waals surface area contributed by atoms with E-state index in [0.717, 1.165) is 27.4 Å². The average Bonchev–Trinajstić information content (AvgIpc) is 4.05.